The molecule has 1 fully saturated rings. The Labute approximate surface area is 166 Å². The number of sulfonamides is 1. The highest BCUT2D eigenvalue weighted by atomic mass is 35.5. The minimum atomic E-state index is -3.64. The van der Waals surface area contributed by atoms with Gasteiger partial charge in [0.2, 0.25) is 15.9 Å². The molecule has 2 aromatic carbocycles. The number of fused-ring (bicyclic) bond motifs is 1. The molecule has 0 bridgehead atoms. The molecule has 8 heteroatoms. The Bertz CT molecular complexity index is 912. The predicted molar refractivity (Wildman–Crippen MR) is 111 cm³/mol. The monoisotopic (exact) mass is 411 g/mol. The quantitative estimate of drug-likeness (QED) is 0.765. The number of rotatable bonds is 6. The maximum absolute atomic E-state index is 13.5. The number of halogens is 1. The van der Waals surface area contributed by atoms with Crippen molar-refractivity contribution in [1.82, 2.24) is 9.62 Å². The van der Waals surface area contributed by atoms with Crippen LogP contribution in [0.25, 0.3) is 10.8 Å². The molecular formula is C19H26ClN3O3S. The Morgan fingerprint density at radius 2 is 1.93 bits per heavy atom. The van der Waals surface area contributed by atoms with Gasteiger partial charge in [-0.25, -0.2) is 8.42 Å². The van der Waals surface area contributed by atoms with E-state index in [0.29, 0.717) is 29.1 Å². The molecule has 1 unspecified atom stereocenters. The van der Waals surface area contributed by atoms with Crippen LogP contribution < -0.4 is 10.6 Å². The summed E-state index contributed by atoms with van der Waals surface area (Å²) in [4.78, 5) is 11.8. The highest BCUT2D eigenvalue weighted by Crippen LogP contribution is 2.32. The van der Waals surface area contributed by atoms with Gasteiger partial charge in [-0.2, -0.15) is 4.31 Å². The van der Waals surface area contributed by atoms with Crippen molar-refractivity contribution in [3.63, 3.8) is 0 Å². The molecule has 0 aromatic heterocycles. The van der Waals surface area contributed by atoms with Crippen molar-refractivity contribution in [2.45, 2.75) is 37.6 Å². The van der Waals surface area contributed by atoms with Crippen LogP contribution in [0.2, 0.25) is 0 Å². The van der Waals surface area contributed by atoms with E-state index in [1.807, 2.05) is 25.1 Å². The van der Waals surface area contributed by atoms with E-state index in [0.717, 1.165) is 24.8 Å². The second kappa shape index (κ2) is 9.01. The predicted octanol–water partition coefficient (Wildman–Crippen LogP) is 2.98. The standard InChI is InChI=1S/C19H25N3O3S.ClH/c1-3-12-22(15-10-11-20-13-15)26(24,25)19-9-8-18(21-14(2)23)16-6-4-5-7-17(16)19;/h4-9,15,20H,3,10-13H2,1-2H3,(H,21,23);1H. The van der Waals surface area contributed by atoms with E-state index >= 15 is 0 Å². The van der Waals surface area contributed by atoms with Gasteiger partial charge in [0.25, 0.3) is 0 Å². The number of hydrogen-bond donors (Lipinski definition) is 2. The van der Waals surface area contributed by atoms with Crippen molar-refractivity contribution in [3.8, 4) is 0 Å². The number of nitrogens with zero attached hydrogens (tertiary/aromatic N) is 1. The topological polar surface area (TPSA) is 78.5 Å². The fraction of sp³-hybridized carbons (Fsp3) is 0.421. The van der Waals surface area contributed by atoms with E-state index in [2.05, 4.69) is 10.6 Å². The van der Waals surface area contributed by atoms with E-state index in [1.165, 1.54) is 6.92 Å². The van der Waals surface area contributed by atoms with Crippen LogP contribution in [-0.4, -0.2) is 44.3 Å². The molecule has 0 spiro atoms. The van der Waals surface area contributed by atoms with Gasteiger partial charge in [0.1, 0.15) is 0 Å². The van der Waals surface area contributed by atoms with Crippen LogP contribution in [0.1, 0.15) is 26.7 Å². The highest BCUT2D eigenvalue weighted by Gasteiger charge is 2.33. The van der Waals surface area contributed by atoms with E-state index in [9.17, 15) is 13.2 Å². The van der Waals surface area contributed by atoms with E-state index in [4.69, 9.17) is 0 Å². The first-order valence-corrected chi connectivity index (χ1v) is 10.4. The Morgan fingerprint density at radius 1 is 1.22 bits per heavy atom. The minimum Gasteiger partial charge on any atom is -0.326 e. The summed E-state index contributed by atoms with van der Waals surface area (Å²) in [7, 11) is -3.64. The first-order valence-electron chi connectivity index (χ1n) is 8.97. The lowest BCUT2D eigenvalue weighted by Crippen LogP contribution is -2.42. The molecule has 0 radical (unpaired) electrons. The molecule has 27 heavy (non-hydrogen) atoms. The number of carbonyl (C=O) groups is 1. The summed E-state index contributed by atoms with van der Waals surface area (Å²) in [6.07, 6.45) is 1.58. The van der Waals surface area contributed by atoms with E-state index < -0.39 is 10.0 Å². The van der Waals surface area contributed by atoms with Crippen LogP contribution in [-0.2, 0) is 14.8 Å². The summed E-state index contributed by atoms with van der Waals surface area (Å²) in [6, 6.07) is 10.6. The number of hydrogen-bond acceptors (Lipinski definition) is 4. The van der Waals surface area contributed by atoms with Crippen LogP contribution in [0.15, 0.2) is 41.3 Å². The molecule has 0 aliphatic carbocycles. The van der Waals surface area contributed by atoms with Gasteiger partial charge in [-0.05, 0) is 31.5 Å². The molecule has 6 nitrogen and oxygen atoms in total. The van der Waals surface area contributed by atoms with Gasteiger partial charge in [-0.1, -0.05) is 31.2 Å². The number of nitrogens with one attached hydrogen (secondary N) is 2. The van der Waals surface area contributed by atoms with Crippen molar-refractivity contribution in [2.24, 2.45) is 0 Å². The average Bonchev–Trinajstić information content (AvgIpc) is 3.13. The molecule has 1 amide bonds. The molecule has 148 valence electrons. The molecule has 1 atom stereocenters. The largest absolute Gasteiger partial charge is 0.326 e. The first kappa shape index (κ1) is 21.6. The van der Waals surface area contributed by atoms with Crippen molar-refractivity contribution in [2.75, 3.05) is 25.0 Å². The van der Waals surface area contributed by atoms with Gasteiger partial charge in [0, 0.05) is 42.5 Å². The maximum Gasteiger partial charge on any atom is 0.243 e. The maximum atomic E-state index is 13.5. The molecule has 1 aliphatic rings. The summed E-state index contributed by atoms with van der Waals surface area (Å²) < 4.78 is 28.6. The molecule has 1 heterocycles. The lowest BCUT2D eigenvalue weighted by molar-refractivity contribution is -0.114. The van der Waals surface area contributed by atoms with Crippen LogP contribution in [0.5, 0.6) is 0 Å². The number of carbonyl (C=O) groups excluding carboxylic acids is 1. The van der Waals surface area contributed by atoms with E-state index in [1.54, 1.807) is 22.5 Å². The third kappa shape index (κ3) is 4.43. The summed E-state index contributed by atoms with van der Waals surface area (Å²) >= 11 is 0. The fourth-order valence-corrected chi connectivity index (χ4v) is 5.47. The van der Waals surface area contributed by atoms with Gasteiger partial charge in [0.15, 0.2) is 0 Å². The van der Waals surface area contributed by atoms with Gasteiger partial charge in [-0.15, -0.1) is 12.4 Å². The minimum absolute atomic E-state index is 0. The molecule has 1 saturated heterocycles. The summed E-state index contributed by atoms with van der Waals surface area (Å²) in [5, 5.41) is 7.38. The van der Waals surface area contributed by atoms with Crippen LogP contribution in [0.3, 0.4) is 0 Å². The van der Waals surface area contributed by atoms with Crippen molar-refractivity contribution in [3.05, 3.63) is 36.4 Å². The van der Waals surface area contributed by atoms with Crippen molar-refractivity contribution in [1.29, 1.82) is 0 Å². The van der Waals surface area contributed by atoms with Crippen molar-refractivity contribution >= 4 is 44.8 Å². The molecule has 2 N–H and O–H groups in total. The first-order chi connectivity index (χ1) is 12.4. The zero-order valence-electron chi connectivity index (χ0n) is 15.6. The lowest BCUT2D eigenvalue weighted by atomic mass is 10.1. The van der Waals surface area contributed by atoms with Crippen LogP contribution in [0, 0.1) is 0 Å². The normalized spacial score (nSPS) is 17.1. The zero-order valence-corrected chi connectivity index (χ0v) is 17.2. The summed E-state index contributed by atoms with van der Waals surface area (Å²) in [5.41, 5.74) is 0.622. The van der Waals surface area contributed by atoms with Crippen LogP contribution >= 0.6 is 12.4 Å². The number of amides is 1. The third-order valence-electron chi connectivity index (χ3n) is 4.67. The zero-order chi connectivity index (χ0) is 18.7. The lowest BCUT2D eigenvalue weighted by Gasteiger charge is -2.28. The van der Waals surface area contributed by atoms with Gasteiger partial charge >= 0.3 is 0 Å². The Balaban J connectivity index is 0.00000261. The SMILES string of the molecule is CCCN(C1CCNC1)S(=O)(=O)c1ccc(NC(C)=O)c2ccccc12.Cl. The number of anilines is 1. The van der Waals surface area contributed by atoms with Crippen molar-refractivity contribution < 1.29 is 13.2 Å². The highest BCUT2D eigenvalue weighted by molar-refractivity contribution is 7.89. The molecular weight excluding hydrogens is 386 g/mol. The average molecular weight is 412 g/mol. The van der Waals surface area contributed by atoms with Gasteiger partial charge in [-0.3, -0.25) is 4.79 Å². The summed E-state index contributed by atoms with van der Waals surface area (Å²) in [6.45, 7) is 5.44. The van der Waals surface area contributed by atoms with Gasteiger partial charge < -0.3 is 10.6 Å². The second-order valence-corrected chi connectivity index (χ2v) is 8.46. The molecule has 0 saturated carbocycles. The van der Waals surface area contributed by atoms with E-state index in [-0.39, 0.29) is 24.4 Å². The molecule has 1 aliphatic heterocycles. The summed E-state index contributed by atoms with van der Waals surface area (Å²) in [5.74, 6) is -0.185. The Hall–Kier alpha value is -1.67. The second-order valence-electron chi connectivity index (χ2n) is 6.60. The molecule has 2 aromatic rings. The number of benzene rings is 2. The molecule has 3 rings (SSSR count). The van der Waals surface area contributed by atoms with Gasteiger partial charge in [0.05, 0.1) is 4.90 Å². The smallest absolute Gasteiger partial charge is 0.243 e. The fourth-order valence-electron chi connectivity index (χ4n) is 3.53. The van der Waals surface area contributed by atoms with Crippen LogP contribution in [0.4, 0.5) is 5.69 Å². The third-order valence-corrected chi connectivity index (χ3v) is 6.68. The Morgan fingerprint density at radius 3 is 2.52 bits per heavy atom. The Kier molecular flexibility index (Phi) is 7.22.